The van der Waals surface area contributed by atoms with Gasteiger partial charge in [-0.1, -0.05) is 24.9 Å². The van der Waals surface area contributed by atoms with Crippen molar-refractivity contribution < 1.29 is 14.1 Å². The zero-order valence-electron chi connectivity index (χ0n) is 11.0. The molecule has 0 aromatic carbocycles. The number of hydrogen-bond donors (Lipinski definition) is 0. The molecule has 2 rings (SSSR count). The minimum Gasteiger partial charge on any atom is -0.377 e. The van der Waals surface area contributed by atoms with Crippen molar-refractivity contribution in [1.82, 2.24) is 10.1 Å². The van der Waals surface area contributed by atoms with Crippen LogP contribution in [0.25, 0.3) is 0 Å². The summed E-state index contributed by atoms with van der Waals surface area (Å²) in [7, 11) is 1.50. The fraction of sp³-hybridized carbons (Fsp3) is 0.769. The number of methoxy groups -OCH3 is 1. The van der Waals surface area contributed by atoms with Crippen molar-refractivity contribution in [3.8, 4) is 0 Å². The molecule has 1 aliphatic carbocycles. The number of Topliss-reactive ketones (excluding diaryl/α,β-unsaturated/α-hetero) is 1. The van der Waals surface area contributed by atoms with Crippen molar-refractivity contribution >= 4 is 5.78 Å². The van der Waals surface area contributed by atoms with Gasteiger partial charge >= 0.3 is 0 Å². The van der Waals surface area contributed by atoms with Crippen LogP contribution < -0.4 is 0 Å². The predicted octanol–water partition coefficient (Wildman–Crippen LogP) is 2.12. The first-order valence-electron chi connectivity index (χ1n) is 6.52. The maximum absolute atomic E-state index is 11.4. The number of hydrogen-bond acceptors (Lipinski definition) is 5. The fourth-order valence-electron chi connectivity index (χ4n) is 2.40. The number of nitrogens with zero attached hydrogens (tertiary/aromatic N) is 2. The number of ether oxygens (including phenoxy) is 1. The second-order valence-electron chi connectivity index (χ2n) is 5.15. The molecule has 0 N–H and O–H groups in total. The Labute approximate surface area is 107 Å². The molecule has 18 heavy (non-hydrogen) atoms. The second-order valence-corrected chi connectivity index (χ2v) is 5.15. The summed E-state index contributed by atoms with van der Waals surface area (Å²) in [6.45, 7) is 2.37. The molecule has 5 nitrogen and oxygen atoms in total. The van der Waals surface area contributed by atoms with E-state index in [0.717, 1.165) is 24.6 Å². The maximum Gasteiger partial charge on any atom is 0.234 e. The van der Waals surface area contributed by atoms with Crippen LogP contribution in [0.15, 0.2) is 4.52 Å². The Bertz CT molecular complexity index is 395. The van der Waals surface area contributed by atoms with Crippen LogP contribution in [0.3, 0.4) is 0 Å². The van der Waals surface area contributed by atoms with Crippen molar-refractivity contribution in [1.29, 1.82) is 0 Å². The number of ketones is 1. The quantitative estimate of drug-likeness (QED) is 0.803. The summed E-state index contributed by atoms with van der Waals surface area (Å²) in [6, 6.07) is 0. The predicted molar refractivity (Wildman–Crippen MR) is 65.3 cm³/mol. The number of carbonyl (C=O) groups is 1. The highest BCUT2D eigenvalue weighted by atomic mass is 16.5. The van der Waals surface area contributed by atoms with E-state index in [2.05, 4.69) is 17.1 Å². The molecule has 0 radical (unpaired) electrons. The van der Waals surface area contributed by atoms with Crippen molar-refractivity contribution in [2.24, 2.45) is 5.92 Å². The molecular weight excluding hydrogens is 232 g/mol. The van der Waals surface area contributed by atoms with E-state index in [9.17, 15) is 4.79 Å². The van der Waals surface area contributed by atoms with Gasteiger partial charge in [-0.15, -0.1) is 0 Å². The monoisotopic (exact) mass is 252 g/mol. The summed E-state index contributed by atoms with van der Waals surface area (Å²) in [6.07, 6.45) is 4.84. The van der Waals surface area contributed by atoms with Gasteiger partial charge < -0.3 is 9.26 Å². The van der Waals surface area contributed by atoms with Gasteiger partial charge in [0.05, 0.1) is 6.42 Å². The third kappa shape index (κ3) is 3.38. The first kappa shape index (κ1) is 13.2. The van der Waals surface area contributed by atoms with Crippen LogP contribution in [0.4, 0.5) is 0 Å². The highest BCUT2D eigenvalue weighted by Gasteiger charge is 2.24. The smallest absolute Gasteiger partial charge is 0.234 e. The van der Waals surface area contributed by atoms with E-state index in [1.807, 2.05) is 0 Å². The van der Waals surface area contributed by atoms with E-state index in [4.69, 9.17) is 9.26 Å². The Balaban J connectivity index is 1.91. The standard InChI is InChI=1S/C13H20N2O3/c1-9-3-5-10(6-4-9)13-14-12(18-15-13)7-11(16)8-17-2/h9-10H,3-8H2,1-2H3. The third-order valence-corrected chi connectivity index (χ3v) is 3.52. The van der Waals surface area contributed by atoms with E-state index in [-0.39, 0.29) is 18.8 Å². The topological polar surface area (TPSA) is 65.2 Å². The summed E-state index contributed by atoms with van der Waals surface area (Å²) in [5.74, 6) is 2.34. The van der Waals surface area contributed by atoms with Crippen LogP contribution in [-0.2, 0) is 16.0 Å². The van der Waals surface area contributed by atoms with Gasteiger partial charge in [-0.3, -0.25) is 4.79 Å². The van der Waals surface area contributed by atoms with Crippen molar-refractivity contribution in [2.75, 3.05) is 13.7 Å². The highest BCUT2D eigenvalue weighted by Crippen LogP contribution is 2.33. The first-order valence-corrected chi connectivity index (χ1v) is 6.52. The summed E-state index contributed by atoms with van der Waals surface area (Å²) in [5.41, 5.74) is 0. The average molecular weight is 252 g/mol. The van der Waals surface area contributed by atoms with E-state index >= 15 is 0 Å². The molecule has 1 heterocycles. The van der Waals surface area contributed by atoms with E-state index in [0.29, 0.717) is 11.8 Å². The summed E-state index contributed by atoms with van der Waals surface area (Å²) in [5, 5.41) is 4.00. The van der Waals surface area contributed by atoms with Crippen molar-refractivity contribution in [3.63, 3.8) is 0 Å². The van der Waals surface area contributed by atoms with Gasteiger partial charge in [0.25, 0.3) is 0 Å². The Morgan fingerprint density at radius 1 is 1.39 bits per heavy atom. The van der Waals surface area contributed by atoms with Gasteiger partial charge in [0, 0.05) is 13.0 Å². The summed E-state index contributed by atoms with van der Waals surface area (Å²) in [4.78, 5) is 15.7. The number of carbonyl (C=O) groups excluding carboxylic acids is 1. The number of aromatic nitrogens is 2. The van der Waals surface area contributed by atoms with Crippen LogP contribution in [0.5, 0.6) is 0 Å². The summed E-state index contributed by atoms with van der Waals surface area (Å²) < 4.78 is 9.90. The molecule has 5 heteroatoms. The SMILES string of the molecule is COCC(=O)Cc1nc(C2CCC(C)CC2)no1. The Morgan fingerprint density at radius 3 is 2.78 bits per heavy atom. The fourth-order valence-corrected chi connectivity index (χ4v) is 2.40. The minimum absolute atomic E-state index is 0.0371. The zero-order chi connectivity index (χ0) is 13.0. The van der Waals surface area contributed by atoms with E-state index in [1.54, 1.807) is 0 Å². The molecule has 0 saturated heterocycles. The lowest BCUT2D eigenvalue weighted by Crippen LogP contribution is -2.12. The normalized spacial score (nSPS) is 24.1. The van der Waals surface area contributed by atoms with Crippen LogP contribution >= 0.6 is 0 Å². The van der Waals surface area contributed by atoms with Gasteiger partial charge in [0.1, 0.15) is 6.61 Å². The molecule has 0 bridgehead atoms. The molecule has 100 valence electrons. The highest BCUT2D eigenvalue weighted by molar-refractivity contribution is 5.81. The minimum atomic E-state index is -0.0371. The second kappa shape index (κ2) is 6.09. The molecular formula is C13H20N2O3. The zero-order valence-corrected chi connectivity index (χ0v) is 11.0. The Hall–Kier alpha value is -1.23. The third-order valence-electron chi connectivity index (χ3n) is 3.52. The van der Waals surface area contributed by atoms with Crippen molar-refractivity contribution in [2.45, 2.75) is 44.9 Å². The summed E-state index contributed by atoms with van der Waals surface area (Å²) >= 11 is 0. The molecule has 1 aliphatic rings. The van der Waals surface area contributed by atoms with Gasteiger partial charge in [0.15, 0.2) is 11.6 Å². The lowest BCUT2D eigenvalue weighted by atomic mass is 9.83. The van der Waals surface area contributed by atoms with Gasteiger partial charge in [-0.05, 0) is 18.8 Å². The van der Waals surface area contributed by atoms with Gasteiger partial charge in [0.2, 0.25) is 5.89 Å². The largest absolute Gasteiger partial charge is 0.377 e. The molecule has 0 spiro atoms. The lowest BCUT2D eigenvalue weighted by molar-refractivity contribution is -0.122. The van der Waals surface area contributed by atoms with Crippen LogP contribution in [0.2, 0.25) is 0 Å². The lowest BCUT2D eigenvalue weighted by Gasteiger charge is -2.23. The van der Waals surface area contributed by atoms with Gasteiger partial charge in [-0.2, -0.15) is 4.98 Å². The van der Waals surface area contributed by atoms with Crippen LogP contribution in [0.1, 0.15) is 50.2 Å². The van der Waals surface area contributed by atoms with Crippen molar-refractivity contribution in [3.05, 3.63) is 11.7 Å². The molecule has 1 aromatic rings. The molecule has 1 fully saturated rings. The van der Waals surface area contributed by atoms with Crippen LogP contribution in [-0.4, -0.2) is 29.6 Å². The maximum atomic E-state index is 11.4. The molecule has 1 aromatic heterocycles. The Morgan fingerprint density at radius 2 is 2.11 bits per heavy atom. The van der Waals surface area contributed by atoms with E-state index in [1.165, 1.54) is 20.0 Å². The molecule has 1 saturated carbocycles. The number of rotatable bonds is 5. The van der Waals surface area contributed by atoms with Crippen LogP contribution in [0, 0.1) is 5.92 Å². The average Bonchev–Trinajstić information content (AvgIpc) is 2.78. The molecule has 0 aliphatic heterocycles. The van der Waals surface area contributed by atoms with Gasteiger partial charge in [-0.25, -0.2) is 0 Å². The Kier molecular flexibility index (Phi) is 4.47. The first-order chi connectivity index (χ1) is 8.69. The molecule has 0 atom stereocenters. The molecule has 0 unspecified atom stereocenters. The molecule has 0 amide bonds. The van der Waals surface area contributed by atoms with E-state index < -0.39 is 0 Å².